The number of hydrogen-bond acceptors (Lipinski definition) is 5. The van der Waals surface area contributed by atoms with E-state index in [1.807, 2.05) is 4.83 Å². The van der Waals surface area contributed by atoms with Gasteiger partial charge in [0.25, 0.3) is 15.9 Å². The summed E-state index contributed by atoms with van der Waals surface area (Å²) < 4.78 is 29.8. The van der Waals surface area contributed by atoms with E-state index >= 15 is 0 Å². The minimum absolute atomic E-state index is 0.173. The molecular weight excluding hydrogens is 382 g/mol. The molecule has 2 aromatic carbocycles. The van der Waals surface area contributed by atoms with E-state index in [1.165, 1.54) is 44.4 Å². The van der Waals surface area contributed by atoms with Crippen LogP contribution in [0.4, 0.5) is 5.69 Å². The molecule has 10 heteroatoms. The summed E-state index contributed by atoms with van der Waals surface area (Å²) >= 11 is 5.80. The number of nitrogens with one attached hydrogen (secondary N) is 3. The second-order valence-electron chi connectivity index (χ2n) is 5.11. The van der Waals surface area contributed by atoms with Crippen molar-refractivity contribution in [1.82, 2.24) is 10.3 Å². The average Bonchev–Trinajstić information content (AvgIpc) is 2.59. The molecule has 0 fully saturated rings. The summed E-state index contributed by atoms with van der Waals surface area (Å²) in [7, 11) is -2.69. The van der Waals surface area contributed by atoms with Crippen LogP contribution in [0.25, 0.3) is 0 Å². The fourth-order valence-electron chi connectivity index (χ4n) is 2.02. The summed E-state index contributed by atoms with van der Waals surface area (Å²) in [5, 5.41) is 2.82. The summed E-state index contributed by atoms with van der Waals surface area (Å²) in [4.78, 5) is 25.1. The normalized spacial score (nSPS) is 10.9. The van der Waals surface area contributed by atoms with Crippen molar-refractivity contribution in [3.8, 4) is 5.75 Å². The molecule has 3 N–H and O–H groups in total. The minimum atomic E-state index is -4.08. The molecule has 0 saturated carbocycles. The first kappa shape index (κ1) is 19.7. The second kappa shape index (κ2) is 8.17. The lowest BCUT2D eigenvalue weighted by Gasteiger charge is -2.12. The van der Waals surface area contributed by atoms with Crippen molar-refractivity contribution < 1.29 is 22.7 Å². The van der Waals surface area contributed by atoms with Crippen molar-refractivity contribution in [2.75, 3.05) is 12.4 Å². The van der Waals surface area contributed by atoms with E-state index in [0.29, 0.717) is 10.8 Å². The van der Waals surface area contributed by atoms with Crippen LogP contribution >= 0.6 is 11.6 Å². The lowest BCUT2D eigenvalue weighted by molar-refractivity contribution is -0.114. The second-order valence-corrected chi connectivity index (χ2v) is 7.23. The maximum absolute atomic E-state index is 12.4. The Labute approximate surface area is 155 Å². The highest BCUT2D eigenvalue weighted by Gasteiger charge is 2.18. The SMILES string of the molecule is COc1ccc(S(=O)(=O)NNC(=O)c2cccc(Cl)c2)cc1NC(C)=O. The molecule has 0 aliphatic carbocycles. The van der Waals surface area contributed by atoms with Crippen LogP contribution in [0.3, 0.4) is 0 Å². The molecule has 0 unspecified atom stereocenters. The molecule has 0 saturated heterocycles. The van der Waals surface area contributed by atoms with Gasteiger partial charge in [-0.15, -0.1) is 4.83 Å². The molecule has 8 nitrogen and oxygen atoms in total. The Morgan fingerprint density at radius 1 is 1.12 bits per heavy atom. The minimum Gasteiger partial charge on any atom is -0.495 e. The molecule has 0 radical (unpaired) electrons. The number of methoxy groups -OCH3 is 1. The predicted octanol–water partition coefficient (Wildman–Crippen LogP) is 1.93. The molecule has 2 amide bonds. The van der Waals surface area contributed by atoms with Crippen LogP contribution < -0.4 is 20.3 Å². The zero-order valence-electron chi connectivity index (χ0n) is 13.9. The molecule has 2 aromatic rings. The Morgan fingerprint density at radius 3 is 2.46 bits per heavy atom. The number of sulfonamides is 1. The van der Waals surface area contributed by atoms with E-state index in [1.54, 1.807) is 12.1 Å². The number of amides is 2. The lowest BCUT2D eigenvalue weighted by Crippen LogP contribution is -2.41. The molecule has 0 heterocycles. The third-order valence-electron chi connectivity index (χ3n) is 3.18. The van der Waals surface area contributed by atoms with Gasteiger partial charge < -0.3 is 10.1 Å². The highest BCUT2D eigenvalue weighted by atomic mass is 35.5. The van der Waals surface area contributed by atoms with Gasteiger partial charge in [-0.1, -0.05) is 17.7 Å². The van der Waals surface area contributed by atoms with Crippen molar-refractivity contribution in [1.29, 1.82) is 0 Å². The van der Waals surface area contributed by atoms with E-state index < -0.39 is 15.9 Å². The van der Waals surface area contributed by atoms with E-state index in [-0.39, 0.29) is 22.1 Å². The van der Waals surface area contributed by atoms with E-state index in [0.717, 1.165) is 0 Å². The van der Waals surface area contributed by atoms with Crippen LogP contribution in [0.15, 0.2) is 47.4 Å². The Kier molecular flexibility index (Phi) is 6.19. The van der Waals surface area contributed by atoms with E-state index in [2.05, 4.69) is 10.7 Å². The van der Waals surface area contributed by atoms with Gasteiger partial charge in [0.15, 0.2) is 0 Å². The van der Waals surface area contributed by atoms with Gasteiger partial charge in [-0.3, -0.25) is 15.0 Å². The molecule has 0 aliphatic heterocycles. The quantitative estimate of drug-likeness (QED) is 0.644. The van der Waals surface area contributed by atoms with Crippen LogP contribution in [-0.2, 0) is 14.8 Å². The number of ether oxygens (including phenoxy) is 1. The Morgan fingerprint density at radius 2 is 1.85 bits per heavy atom. The van der Waals surface area contributed by atoms with Crippen molar-refractivity contribution in [3.63, 3.8) is 0 Å². The molecule has 0 aromatic heterocycles. The predicted molar refractivity (Wildman–Crippen MR) is 96.5 cm³/mol. The molecule has 0 bridgehead atoms. The van der Waals surface area contributed by atoms with Crippen molar-refractivity contribution in [2.45, 2.75) is 11.8 Å². The van der Waals surface area contributed by atoms with Gasteiger partial charge in [-0.05, 0) is 36.4 Å². The standard InChI is InChI=1S/C16H16ClN3O5S/c1-10(21)18-14-9-13(6-7-15(14)25-2)26(23,24)20-19-16(22)11-4-3-5-12(17)8-11/h3-9,20H,1-2H3,(H,18,21)(H,19,22). The van der Waals surface area contributed by atoms with Gasteiger partial charge >= 0.3 is 0 Å². The monoisotopic (exact) mass is 397 g/mol. The number of benzene rings is 2. The summed E-state index contributed by atoms with van der Waals surface area (Å²) in [6, 6.07) is 9.91. The number of anilines is 1. The summed E-state index contributed by atoms with van der Waals surface area (Å²) in [6.07, 6.45) is 0. The van der Waals surface area contributed by atoms with Gasteiger partial charge in [-0.2, -0.15) is 0 Å². The fraction of sp³-hybridized carbons (Fsp3) is 0.125. The van der Waals surface area contributed by atoms with Gasteiger partial charge in [0.05, 0.1) is 17.7 Å². The Bertz CT molecular complexity index is 947. The molecule has 0 atom stereocenters. The number of hydrogen-bond donors (Lipinski definition) is 3. The van der Waals surface area contributed by atoms with Crippen molar-refractivity contribution >= 4 is 39.1 Å². The molecule has 138 valence electrons. The summed E-state index contributed by atoms with van der Waals surface area (Å²) in [5.41, 5.74) is 2.47. The number of halogens is 1. The van der Waals surface area contributed by atoms with Crippen LogP contribution in [0, 0.1) is 0 Å². The van der Waals surface area contributed by atoms with Crippen LogP contribution in [0.1, 0.15) is 17.3 Å². The number of rotatable bonds is 6. The van der Waals surface area contributed by atoms with Gasteiger partial charge in [0.2, 0.25) is 5.91 Å². The molecule has 26 heavy (non-hydrogen) atoms. The molecule has 0 spiro atoms. The third-order valence-corrected chi connectivity index (χ3v) is 4.66. The lowest BCUT2D eigenvalue weighted by atomic mass is 10.2. The molecule has 2 rings (SSSR count). The highest BCUT2D eigenvalue weighted by molar-refractivity contribution is 7.89. The number of carbonyl (C=O) groups excluding carboxylic acids is 2. The molecular formula is C16H16ClN3O5S. The maximum Gasteiger partial charge on any atom is 0.266 e. The zero-order valence-corrected chi connectivity index (χ0v) is 15.4. The van der Waals surface area contributed by atoms with Crippen molar-refractivity contribution in [2.24, 2.45) is 0 Å². The van der Waals surface area contributed by atoms with E-state index in [4.69, 9.17) is 16.3 Å². The maximum atomic E-state index is 12.4. The largest absolute Gasteiger partial charge is 0.495 e. The summed E-state index contributed by atoms with van der Waals surface area (Å²) in [6.45, 7) is 1.28. The third kappa shape index (κ3) is 4.94. The number of carbonyl (C=O) groups is 2. The smallest absolute Gasteiger partial charge is 0.266 e. The van der Waals surface area contributed by atoms with Crippen LogP contribution in [0.2, 0.25) is 5.02 Å². The average molecular weight is 398 g/mol. The first-order valence-corrected chi connectivity index (χ1v) is 9.12. The van der Waals surface area contributed by atoms with Crippen molar-refractivity contribution in [3.05, 3.63) is 53.1 Å². The van der Waals surface area contributed by atoms with Gasteiger partial charge in [-0.25, -0.2) is 8.42 Å². The summed E-state index contributed by atoms with van der Waals surface area (Å²) in [5.74, 6) is -0.770. The van der Waals surface area contributed by atoms with Crippen LogP contribution in [0.5, 0.6) is 5.75 Å². The Hall–Kier alpha value is -2.62. The highest BCUT2D eigenvalue weighted by Crippen LogP contribution is 2.27. The van der Waals surface area contributed by atoms with Crippen LogP contribution in [-0.4, -0.2) is 27.3 Å². The van der Waals surface area contributed by atoms with Gasteiger partial charge in [0, 0.05) is 17.5 Å². The topological polar surface area (TPSA) is 114 Å². The number of hydrazine groups is 1. The first-order chi connectivity index (χ1) is 12.2. The molecule has 0 aliphatic rings. The Balaban J connectivity index is 2.19. The fourth-order valence-corrected chi connectivity index (χ4v) is 3.07. The van der Waals surface area contributed by atoms with E-state index in [9.17, 15) is 18.0 Å². The van der Waals surface area contributed by atoms with Gasteiger partial charge in [0.1, 0.15) is 5.75 Å². The first-order valence-electron chi connectivity index (χ1n) is 7.26. The zero-order chi connectivity index (χ0) is 19.3.